The smallest absolute Gasteiger partial charge is 0.226 e. The maximum atomic E-state index is 5.75. The number of hydrogen-bond acceptors (Lipinski definition) is 4. The van der Waals surface area contributed by atoms with Gasteiger partial charge in [0, 0.05) is 23.7 Å². The van der Waals surface area contributed by atoms with Gasteiger partial charge >= 0.3 is 0 Å². The van der Waals surface area contributed by atoms with E-state index in [1.807, 2.05) is 19.9 Å². The van der Waals surface area contributed by atoms with Gasteiger partial charge in [-0.3, -0.25) is 0 Å². The minimum absolute atomic E-state index is 0.309. The summed E-state index contributed by atoms with van der Waals surface area (Å²) in [6.07, 6.45) is 1.90. The van der Waals surface area contributed by atoms with Crippen LogP contribution in [0.1, 0.15) is 32.4 Å². The van der Waals surface area contributed by atoms with Gasteiger partial charge in [-0.05, 0) is 26.7 Å². The Bertz CT molecular complexity index is 347. The molecule has 5 heteroatoms. The molecule has 96 valence electrons. The summed E-state index contributed by atoms with van der Waals surface area (Å²) < 4.78 is 5.39. The molecule has 1 aromatic heterocycles. The van der Waals surface area contributed by atoms with E-state index in [1.165, 1.54) is 0 Å². The predicted molar refractivity (Wildman–Crippen MR) is 71.0 cm³/mol. The third kappa shape index (κ3) is 4.77. The number of aryl methyl sites for hydroxylation is 1. The second kappa shape index (κ2) is 7.33. The van der Waals surface area contributed by atoms with Crippen LogP contribution in [0, 0.1) is 6.92 Å². The molecule has 0 aromatic carbocycles. The second-order valence-corrected chi connectivity index (χ2v) is 4.21. The lowest BCUT2D eigenvalue weighted by atomic mass is 10.2. The summed E-state index contributed by atoms with van der Waals surface area (Å²) in [5.41, 5.74) is 0.895. The maximum absolute atomic E-state index is 5.75. The quantitative estimate of drug-likeness (QED) is 0.763. The molecule has 0 aliphatic heterocycles. The normalized spacial score (nSPS) is 12.2. The molecule has 4 nitrogen and oxygen atoms in total. The Morgan fingerprint density at radius 2 is 2.18 bits per heavy atom. The Hall–Kier alpha value is -1.03. The lowest BCUT2D eigenvalue weighted by Crippen LogP contribution is -2.20. The van der Waals surface area contributed by atoms with Gasteiger partial charge in [-0.25, -0.2) is 4.98 Å². The first-order valence-electron chi connectivity index (χ1n) is 6.00. The lowest BCUT2D eigenvalue weighted by molar-refractivity contribution is 0.326. The Morgan fingerprint density at radius 1 is 1.41 bits per heavy atom. The third-order valence-corrected chi connectivity index (χ3v) is 2.62. The van der Waals surface area contributed by atoms with Crippen molar-refractivity contribution in [2.24, 2.45) is 0 Å². The second-order valence-electron chi connectivity index (χ2n) is 3.83. The van der Waals surface area contributed by atoms with Crippen LogP contribution in [0.15, 0.2) is 6.07 Å². The average Bonchev–Trinajstić information content (AvgIpc) is 2.28. The molecule has 0 amide bonds. The molecule has 1 unspecified atom stereocenters. The molecule has 0 aliphatic rings. The summed E-state index contributed by atoms with van der Waals surface area (Å²) in [5.74, 6) is 1.86. The Morgan fingerprint density at radius 3 is 2.76 bits per heavy atom. The molecule has 0 radical (unpaired) electrons. The van der Waals surface area contributed by atoms with Gasteiger partial charge in [0.05, 0.1) is 6.61 Å². The summed E-state index contributed by atoms with van der Waals surface area (Å²) in [6.45, 7) is 6.59. The molecule has 1 rings (SSSR count). The van der Waals surface area contributed by atoms with Crippen LogP contribution < -0.4 is 10.1 Å². The summed E-state index contributed by atoms with van der Waals surface area (Å²) in [7, 11) is 0. The van der Waals surface area contributed by atoms with Crippen LogP contribution in [0.4, 0.5) is 5.95 Å². The Kier molecular flexibility index (Phi) is 6.05. The van der Waals surface area contributed by atoms with Crippen LogP contribution in [0.2, 0.25) is 0 Å². The molecular formula is C12H20ClN3O. The summed E-state index contributed by atoms with van der Waals surface area (Å²) >= 11 is 5.75. The van der Waals surface area contributed by atoms with E-state index in [0.29, 0.717) is 30.4 Å². The van der Waals surface area contributed by atoms with E-state index in [0.717, 1.165) is 18.5 Å². The van der Waals surface area contributed by atoms with E-state index in [1.54, 1.807) is 0 Å². The number of anilines is 1. The van der Waals surface area contributed by atoms with Crippen molar-refractivity contribution in [3.63, 3.8) is 0 Å². The molecule has 0 saturated carbocycles. The zero-order valence-electron chi connectivity index (χ0n) is 10.7. The van der Waals surface area contributed by atoms with Crippen LogP contribution in [-0.2, 0) is 0 Å². The number of nitrogens with one attached hydrogen (secondary N) is 1. The van der Waals surface area contributed by atoms with E-state index in [4.69, 9.17) is 16.3 Å². The fourth-order valence-corrected chi connectivity index (χ4v) is 1.78. The van der Waals surface area contributed by atoms with Gasteiger partial charge in [0.2, 0.25) is 11.8 Å². The topological polar surface area (TPSA) is 47.0 Å². The van der Waals surface area contributed by atoms with Crippen LogP contribution in [0.25, 0.3) is 0 Å². The number of ether oxygens (including phenoxy) is 1. The number of rotatable bonds is 7. The molecule has 17 heavy (non-hydrogen) atoms. The number of hydrogen-bond donors (Lipinski definition) is 1. The molecule has 0 aliphatic carbocycles. The van der Waals surface area contributed by atoms with Gasteiger partial charge in [0.25, 0.3) is 0 Å². The first-order valence-corrected chi connectivity index (χ1v) is 6.54. The van der Waals surface area contributed by atoms with Crippen molar-refractivity contribution in [2.75, 3.05) is 17.8 Å². The first-order chi connectivity index (χ1) is 8.19. The van der Waals surface area contributed by atoms with Crippen molar-refractivity contribution in [1.29, 1.82) is 0 Å². The molecule has 1 atom stereocenters. The van der Waals surface area contributed by atoms with Crippen molar-refractivity contribution in [1.82, 2.24) is 9.97 Å². The highest BCUT2D eigenvalue weighted by Gasteiger charge is 2.09. The van der Waals surface area contributed by atoms with Crippen LogP contribution in [-0.4, -0.2) is 28.5 Å². The van der Waals surface area contributed by atoms with Crippen molar-refractivity contribution < 1.29 is 4.74 Å². The highest BCUT2D eigenvalue weighted by molar-refractivity contribution is 6.17. The van der Waals surface area contributed by atoms with Crippen molar-refractivity contribution >= 4 is 17.5 Å². The Labute approximate surface area is 108 Å². The van der Waals surface area contributed by atoms with E-state index in [9.17, 15) is 0 Å². The monoisotopic (exact) mass is 257 g/mol. The summed E-state index contributed by atoms with van der Waals surface area (Å²) in [4.78, 5) is 8.65. The highest BCUT2D eigenvalue weighted by atomic mass is 35.5. The molecule has 0 fully saturated rings. The summed E-state index contributed by atoms with van der Waals surface area (Å²) in [5, 5.41) is 3.28. The van der Waals surface area contributed by atoms with Crippen LogP contribution in [0.3, 0.4) is 0 Å². The van der Waals surface area contributed by atoms with Gasteiger partial charge in [0.1, 0.15) is 0 Å². The largest absolute Gasteiger partial charge is 0.478 e. The zero-order valence-corrected chi connectivity index (χ0v) is 11.4. The molecule has 1 N–H and O–H groups in total. The highest BCUT2D eigenvalue weighted by Crippen LogP contribution is 2.14. The van der Waals surface area contributed by atoms with Crippen LogP contribution >= 0.6 is 11.6 Å². The summed E-state index contributed by atoms with van der Waals surface area (Å²) in [6, 6.07) is 2.14. The zero-order chi connectivity index (χ0) is 12.7. The fourth-order valence-electron chi connectivity index (χ4n) is 1.52. The number of halogens is 1. The molecule has 1 aromatic rings. The third-order valence-electron chi connectivity index (χ3n) is 2.41. The van der Waals surface area contributed by atoms with Gasteiger partial charge in [-0.1, -0.05) is 6.92 Å². The van der Waals surface area contributed by atoms with E-state index in [2.05, 4.69) is 22.2 Å². The van der Waals surface area contributed by atoms with Gasteiger partial charge in [0.15, 0.2) is 0 Å². The molecule has 0 bridgehead atoms. The predicted octanol–water partition coefficient (Wildman–Crippen LogP) is 3.00. The van der Waals surface area contributed by atoms with Crippen molar-refractivity contribution in [3.8, 4) is 5.88 Å². The van der Waals surface area contributed by atoms with Gasteiger partial charge in [-0.2, -0.15) is 4.98 Å². The minimum atomic E-state index is 0.309. The average molecular weight is 258 g/mol. The van der Waals surface area contributed by atoms with Gasteiger partial charge in [-0.15, -0.1) is 11.6 Å². The molecule has 1 heterocycles. The maximum Gasteiger partial charge on any atom is 0.226 e. The number of nitrogens with zero attached hydrogens (tertiary/aromatic N) is 2. The molecule has 0 saturated heterocycles. The first kappa shape index (κ1) is 14.0. The van der Waals surface area contributed by atoms with Crippen LogP contribution in [0.5, 0.6) is 5.88 Å². The number of aromatic nitrogens is 2. The molecular weight excluding hydrogens is 238 g/mol. The number of alkyl halides is 1. The van der Waals surface area contributed by atoms with E-state index >= 15 is 0 Å². The van der Waals surface area contributed by atoms with E-state index < -0.39 is 0 Å². The minimum Gasteiger partial charge on any atom is -0.478 e. The molecule has 0 spiro atoms. The fraction of sp³-hybridized carbons (Fsp3) is 0.667. The van der Waals surface area contributed by atoms with Crippen molar-refractivity contribution in [2.45, 2.75) is 39.7 Å². The SMILES string of the molecule is CCOc1cc(C)nc(NC(CC)CCCl)n1. The van der Waals surface area contributed by atoms with Crippen molar-refractivity contribution in [3.05, 3.63) is 11.8 Å². The Balaban J connectivity index is 2.75. The van der Waals surface area contributed by atoms with Gasteiger partial charge < -0.3 is 10.1 Å². The lowest BCUT2D eigenvalue weighted by Gasteiger charge is -2.16. The standard InChI is InChI=1S/C12H20ClN3O/c1-4-10(6-7-13)15-12-14-9(3)8-11(16-12)17-5-2/h8,10H,4-7H2,1-3H3,(H,14,15,16). The van der Waals surface area contributed by atoms with E-state index in [-0.39, 0.29) is 0 Å².